The Morgan fingerprint density at radius 2 is 1.68 bits per heavy atom. The van der Waals surface area contributed by atoms with Gasteiger partial charge in [0.2, 0.25) is 10.0 Å². The van der Waals surface area contributed by atoms with Gasteiger partial charge in [-0.2, -0.15) is 4.31 Å². The summed E-state index contributed by atoms with van der Waals surface area (Å²) >= 11 is 0. The second-order valence-corrected chi connectivity index (χ2v) is 9.76. The van der Waals surface area contributed by atoms with Crippen molar-refractivity contribution in [2.45, 2.75) is 43.0 Å². The maximum Gasteiger partial charge on any atom is 0.277 e. The quantitative estimate of drug-likeness (QED) is 0.736. The number of nitrogens with one attached hydrogen (secondary N) is 1. The average molecular weight is 411 g/mol. The van der Waals surface area contributed by atoms with Gasteiger partial charge < -0.3 is 14.5 Å². The summed E-state index contributed by atoms with van der Waals surface area (Å²) in [6.07, 6.45) is 6.23. The Morgan fingerprint density at radius 1 is 1.07 bits per heavy atom. The number of piperazine rings is 1. The third-order valence-corrected chi connectivity index (χ3v) is 7.93. The van der Waals surface area contributed by atoms with E-state index in [-0.39, 0.29) is 10.8 Å². The summed E-state index contributed by atoms with van der Waals surface area (Å²) in [5.74, 6) is 0.753. The standard InChI is InChI=1S/C20H31N3O4S/c1-21(17-6-4-3-5-7-17)16-20(24)22-12-14-23(15-13-22)28(25,26)19-10-8-18(27-2)9-11-19/h8-11,17H,3-7,12-16H2,1-2H3/p+1. The van der Waals surface area contributed by atoms with Crippen molar-refractivity contribution >= 4 is 15.9 Å². The number of quaternary nitrogens is 1. The van der Waals surface area contributed by atoms with Gasteiger partial charge in [-0.3, -0.25) is 4.79 Å². The highest BCUT2D eigenvalue weighted by atomic mass is 32.2. The maximum absolute atomic E-state index is 12.8. The molecule has 1 heterocycles. The summed E-state index contributed by atoms with van der Waals surface area (Å²) in [6.45, 7) is 2.07. The first-order valence-corrected chi connectivity index (χ1v) is 11.6. The molecule has 8 heteroatoms. The number of benzene rings is 1. The van der Waals surface area contributed by atoms with Crippen molar-refractivity contribution in [3.05, 3.63) is 24.3 Å². The molecule has 3 rings (SSSR count). The first-order valence-electron chi connectivity index (χ1n) is 10.2. The molecule has 1 N–H and O–H groups in total. The SMILES string of the molecule is COc1ccc(S(=O)(=O)N2CCN(C(=O)C[NH+](C)C3CCCCC3)CC2)cc1. The smallest absolute Gasteiger partial charge is 0.277 e. The summed E-state index contributed by atoms with van der Waals surface area (Å²) in [5.41, 5.74) is 0. The largest absolute Gasteiger partial charge is 0.497 e. The second-order valence-electron chi connectivity index (χ2n) is 7.82. The molecule has 1 amide bonds. The fourth-order valence-electron chi connectivity index (χ4n) is 4.16. The van der Waals surface area contributed by atoms with Crippen LogP contribution in [0.3, 0.4) is 0 Å². The van der Waals surface area contributed by atoms with Crippen LogP contribution >= 0.6 is 0 Å². The van der Waals surface area contributed by atoms with Crippen molar-refractivity contribution in [3.63, 3.8) is 0 Å². The van der Waals surface area contributed by atoms with E-state index in [1.807, 2.05) is 4.90 Å². The number of methoxy groups -OCH3 is 1. The van der Waals surface area contributed by atoms with Crippen LogP contribution in [0, 0.1) is 0 Å². The van der Waals surface area contributed by atoms with Crippen LogP contribution in [0.4, 0.5) is 0 Å². The molecule has 1 unspecified atom stereocenters. The molecule has 0 aromatic heterocycles. The van der Waals surface area contributed by atoms with Gasteiger partial charge in [0.25, 0.3) is 5.91 Å². The van der Waals surface area contributed by atoms with E-state index in [0.29, 0.717) is 44.5 Å². The van der Waals surface area contributed by atoms with Gasteiger partial charge in [0.1, 0.15) is 5.75 Å². The number of amides is 1. The Labute approximate surface area is 168 Å². The van der Waals surface area contributed by atoms with Crippen molar-refractivity contribution in [2.75, 3.05) is 46.9 Å². The first kappa shape index (κ1) is 21.1. The monoisotopic (exact) mass is 410 g/mol. The summed E-state index contributed by atoms with van der Waals surface area (Å²) < 4.78 is 32.2. The number of sulfonamides is 1. The van der Waals surface area contributed by atoms with E-state index in [2.05, 4.69) is 7.05 Å². The van der Waals surface area contributed by atoms with E-state index in [1.165, 1.54) is 41.3 Å². The third kappa shape index (κ3) is 4.85. The van der Waals surface area contributed by atoms with Crippen molar-refractivity contribution in [2.24, 2.45) is 0 Å². The molecule has 0 bridgehead atoms. The van der Waals surface area contributed by atoms with E-state index in [1.54, 1.807) is 31.4 Å². The number of carbonyl (C=O) groups excluding carboxylic acids is 1. The van der Waals surface area contributed by atoms with Crippen LogP contribution < -0.4 is 9.64 Å². The van der Waals surface area contributed by atoms with Gasteiger partial charge in [-0.1, -0.05) is 6.42 Å². The molecule has 156 valence electrons. The van der Waals surface area contributed by atoms with Gasteiger partial charge in [-0.05, 0) is 49.9 Å². The summed E-state index contributed by atoms with van der Waals surface area (Å²) in [4.78, 5) is 16.0. The van der Waals surface area contributed by atoms with Crippen LogP contribution in [0.25, 0.3) is 0 Å². The Hall–Kier alpha value is -1.64. The molecular formula is C20H32N3O4S+. The molecular weight excluding hydrogens is 378 g/mol. The summed E-state index contributed by atoms with van der Waals surface area (Å²) in [6, 6.07) is 7.00. The van der Waals surface area contributed by atoms with Gasteiger partial charge in [-0.15, -0.1) is 0 Å². The number of hydrogen-bond donors (Lipinski definition) is 1. The van der Waals surface area contributed by atoms with E-state index in [0.717, 1.165) is 0 Å². The predicted octanol–water partition coefficient (Wildman–Crippen LogP) is 0.376. The van der Waals surface area contributed by atoms with Crippen LogP contribution in [0.1, 0.15) is 32.1 Å². The number of nitrogens with zero attached hydrogens (tertiary/aromatic N) is 2. The van der Waals surface area contributed by atoms with E-state index < -0.39 is 10.0 Å². The van der Waals surface area contributed by atoms with Crippen LogP contribution in [0.5, 0.6) is 5.75 Å². The van der Waals surface area contributed by atoms with Crippen molar-refractivity contribution in [1.29, 1.82) is 0 Å². The molecule has 1 aromatic carbocycles. The minimum absolute atomic E-state index is 0.129. The minimum atomic E-state index is -3.54. The zero-order valence-electron chi connectivity index (χ0n) is 16.9. The third-order valence-electron chi connectivity index (χ3n) is 6.02. The van der Waals surface area contributed by atoms with Crippen LogP contribution in [-0.2, 0) is 14.8 Å². The highest BCUT2D eigenvalue weighted by molar-refractivity contribution is 7.89. The van der Waals surface area contributed by atoms with Crippen molar-refractivity contribution < 1.29 is 22.8 Å². The molecule has 1 atom stereocenters. The van der Waals surface area contributed by atoms with Crippen molar-refractivity contribution in [3.8, 4) is 5.75 Å². The van der Waals surface area contributed by atoms with Crippen molar-refractivity contribution in [1.82, 2.24) is 9.21 Å². The Bertz CT molecular complexity index is 752. The zero-order valence-corrected chi connectivity index (χ0v) is 17.7. The van der Waals surface area contributed by atoms with Gasteiger partial charge in [-0.25, -0.2) is 8.42 Å². The lowest BCUT2D eigenvalue weighted by Crippen LogP contribution is -3.14. The molecule has 1 aliphatic heterocycles. The fourth-order valence-corrected chi connectivity index (χ4v) is 5.59. The summed E-state index contributed by atoms with van der Waals surface area (Å²) in [7, 11) is 0.116. The number of rotatable bonds is 6. The Kier molecular flexibility index (Phi) is 6.95. The minimum Gasteiger partial charge on any atom is -0.497 e. The lowest BCUT2D eigenvalue weighted by molar-refractivity contribution is -0.899. The lowest BCUT2D eigenvalue weighted by Gasteiger charge is -2.35. The molecule has 0 radical (unpaired) electrons. The second kappa shape index (κ2) is 9.24. The number of ether oxygens (including phenoxy) is 1. The summed E-state index contributed by atoms with van der Waals surface area (Å²) in [5, 5.41) is 0. The molecule has 1 aliphatic carbocycles. The molecule has 28 heavy (non-hydrogen) atoms. The topological polar surface area (TPSA) is 71.4 Å². The number of carbonyl (C=O) groups is 1. The Morgan fingerprint density at radius 3 is 2.25 bits per heavy atom. The molecule has 2 fully saturated rings. The van der Waals surface area contributed by atoms with Crippen LogP contribution in [-0.4, -0.2) is 76.5 Å². The van der Waals surface area contributed by atoms with E-state index in [4.69, 9.17) is 4.74 Å². The Balaban J connectivity index is 1.53. The lowest BCUT2D eigenvalue weighted by atomic mass is 9.94. The molecule has 7 nitrogen and oxygen atoms in total. The molecule has 0 spiro atoms. The van der Waals surface area contributed by atoms with Gasteiger partial charge in [0, 0.05) is 26.2 Å². The maximum atomic E-state index is 12.8. The molecule has 1 saturated heterocycles. The number of likely N-dealkylation sites (N-methyl/N-ethyl adjacent to an activating group) is 1. The first-order chi connectivity index (χ1) is 13.4. The highest BCUT2D eigenvalue weighted by Gasteiger charge is 2.32. The average Bonchev–Trinajstić information content (AvgIpc) is 2.74. The fraction of sp³-hybridized carbons (Fsp3) is 0.650. The van der Waals surface area contributed by atoms with Gasteiger partial charge in [0.05, 0.1) is 25.1 Å². The highest BCUT2D eigenvalue weighted by Crippen LogP contribution is 2.20. The normalized spacial score (nSPS) is 20.7. The van der Waals surface area contributed by atoms with E-state index in [9.17, 15) is 13.2 Å². The number of hydrogen-bond acceptors (Lipinski definition) is 4. The zero-order chi connectivity index (χ0) is 20.1. The van der Waals surface area contributed by atoms with Crippen LogP contribution in [0.15, 0.2) is 29.2 Å². The molecule has 1 saturated carbocycles. The van der Waals surface area contributed by atoms with E-state index >= 15 is 0 Å². The molecule has 2 aliphatic rings. The van der Waals surface area contributed by atoms with Gasteiger partial charge in [0.15, 0.2) is 6.54 Å². The molecule has 1 aromatic rings. The van der Waals surface area contributed by atoms with Crippen LogP contribution in [0.2, 0.25) is 0 Å². The van der Waals surface area contributed by atoms with Gasteiger partial charge >= 0.3 is 0 Å². The predicted molar refractivity (Wildman–Crippen MR) is 107 cm³/mol.